The van der Waals surface area contributed by atoms with Crippen molar-refractivity contribution in [2.24, 2.45) is 0 Å². The van der Waals surface area contributed by atoms with Gasteiger partial charge >= 0.3 is 0 Å². The lowest BCUT2D eigenvalue weighted by Crippen LogP contribution is -2.47. The molecule has 1 atom stereocenters. The van der Waals surface area contributed by atoms with E-state index in [2.05, 4.69) is 36.7 Å². The summed E-state index contributed by atoms with van der Waals surface area (Å²) < 4.78 is 20.5. The van der Waals surface area contributed by atoms with Crippen LogP contribution in [-0.2, 0) is 4.74 Å². The van der Waals surface area contributed by atoms with Crippen LogP contribution in [0.3, 0.4) is 0 Å². The van der Waals surface area contributed by atoms with Crippen LogP contribution in [0.5, 0.6) is 0 Å². The number of likely N-dealkylation sites (N-methyl/N-ethyl adjacent to an activating group) is 1. The van der Waals surface area contributed by atoms with Gasteiger partial charge in [0.1, 0.15) is 12.1 Å². The number of piperidine rings is 1. The monoisotopic (exact) mass is 413 g/mol. The SMILES string of the molecule is CN(c1ccnc(N2CCOCC2)n1)C1CCCN(c2ncnc(C3CC3)c2F)C1. The second kappa shape index (κ2) is 8.29. The molecule has 3 fully saturated rings. The average molecular weight is 414 g/mol. The summed E-state index contributed by atoms with van der Waals surface area (Å²) in [6.07, 6.45) is 7.40. The van der Waals surface area contributed by atoms with Gasteiger partial charge < -0.3 is 19.4 Å². The Morgan fingerprint density at radius 1 is 1.07 bits per heavy atom. The first-order chi connectivity index (χ1) is 14.7. The van der Waals surface area contributed by atoms with Crippen LogP contribution >= 0.6 is 0 Å². The summed E-state index contributed by atoms with van der Waals surface area (Å²) in [5, 5.41) is 0. The minimum Gasteiger partial charge on any atom is -0.378 e. The standard InChI is InChI=1S/C21H28FN7O/c1-27(17-6-7-23-21(26-17)28-9-11-30-12-10-28)16-3-2-8-29(13-16)20-18(22)19(15-4-5-15)24-14-25-20/h6-7,14-16H,2-5,8-13H2,1H3. The van der Waals surface area contributed by atoms with Gasteiger partial charge in [-0.1, -0.05) is 0 Å². The fourth-order valence-corrected chi connectivity index (χ4v) is 4.34. The van der Waals surface area contributed by atoms with Crippen molar-refractivity contribution in [3.63, 3.8) is 0 Å². The van der Waals surface area contributed by atoms with E-state index in [0.717, 1.165) is 57.1 Å². The first-order valence-corrected chi connectivity index (χ1v) is 10.8. The molecular weight excluding hydrogens is 385 g/mol. The van der Waals surface area contributed by atoms with E-state index < -0.39 is 0 Å². The Balaban J connectivity index is 1.32. The van der Waals surface area contributed by atoms with Gasteiger partial charge in [-0.15, -0.1) is 0 Å². The van der Waals surface area contributed by atoms with Crippen molar-refractivity contribution in [3.05, 3.63) is 30.1 Å². The lowest BCUT2D eigenvalue weighted by Gasteiger charge is -2.39. The Bertz CT molecular complexity index is 887. The summed E-state index contributed by atoms with van der Waals surface area (Å²) in [4.78, 5) is 24.2. The van der Waals surface area contributed by atoms with Crippen molar-refractivity contribution in [2.75, 3.05) is 61.1 Å². The smallest absolute Gasteiger partial charge is 0.227 e. The van der Waals surface area contributed by atoms with Crippen molar-refractivity contribution < 1.29 is 9.13 Å². The molecule has 5 rings (SSSR count). The Morgan fingerprint density at radius 2 is 1.90 bits per heavy atom. The number of hydrogen-bond acceptors (Lipinski definition) is 8. The van der Waals surface area contributed by atoms with Crippen molar-refractivity contribution >= 4 is 17.6 Å². The second-order valence-corrected chi connectivity index (χ2v) is 8.34. The highest BCUT2D eigenvalue weighted by Gasteiger charge is 2.32. The molecule has 160 valence electrons. The van der Waals surface area contributed by atoms with Crippen LogP contribution in [0, 0.1) is 5.82 Å². The molecule has 2 saturated heterocycles. The first-order valence-electron chi connectivity index (χ1n) is 10.8. The number of anilines is 3. The maximum atomic E-state index is 15.0. The van der Waals surface area contributed by atoms with Crippen LogP contribution in [0.2, 0.25) is 0 Å². The second-order valence-electron chi connectivity index (χ2n) is 8.34. The molecule has 8 nitrogen and oxygen atoms in total. The highest BCUT2D eigenvalue weighted by Crippen LogP contribution is 2.41. The van der Waals surface area contributed by atoms with Gasteiger partial charge in [0, 0.05) is 51.4 Å². The van der Waals surface area contributed by atoms with E-state index in [1.165, 1.54) is 6.33 Å². The number of morpholine rings is 1. The summed E-state index contributed by atoms with van der Waals surface area (Å²) in [7, 11) is 2.06. The Labute approximate surface area is 176 Å². The van der Waals surface area contributed by atoms with Crippen LogP contribution in [0.25, 0.3) is 0 Å². The fourth-order valence-electron chi connectivity index (χ4n) is 4.34. The van der Waals surface area contributed by atoms with Gasteiger partial charge in [-0.05, 0) is 31.7 Å². The molecule has 30 heavy (non-hydrogen) atoms. The molecule has 1 unspecified atom stereocenters. The van der Waals surface area contributed by atoms with E-state index in [1.807, 2.05) is 12.3 Å². The summed E-state index contributed by atoms with van der Waals surface area (Å²) in [5.74, 6) is 2.11. The Morgan fingerprint density at radius 3 is 2.70 bits per heavy atom. The van der Waals surface area contributed by atoms with Crippen LogP contribution in [0.1, 0.15) is 37.3 Å². The lowest BCUT2D eigenvalue weighted by molar-refractivity contribution is 0.122. The Kier molecular flexibility index (Phi) is 5.37. The minimum absolute atomic E-state index is 0.227. The van der Waals surface area contributed by atoms with Gasteiger partial charge in [-0.2, -0.15) is 4.98 Å². The number of halogens is 1. The third-order valence-electron chi connectivity index (χ3n) is 6.29. The van der Waals surface area contributed by atoms with Gasteiger partial charge in [-0.3, -0.25) is 0 Å². The predicted molar refractivity (Wildman–Crippen MR) is 113 cm³/mol. The minimum atomic E-state index is -0.236. The predicted octanol–water partition coefficient (Wildman–Crippen LogP) is 2.22. The topological polar surface area (TPSA) is 70.5 Å². The van der Waals surface area contributed by atoms with Gasteiger partial charge in [0.25, 0.3) is 0 Å². The Hall–Kier alpha value is -2.55. The molecule has 3 aliphatic rings. The fraction of sp³-hybridized carbons (Fsp3) is 0.619. The van der Waals surface area contributed by atoms with Gasteiger partial charge in [0.15, 0.2) is 11.6 Å². The van der Waals surface area contributed by atoms with Crippen LogP contribution < -0.4 is 14.7 Å². The molecular formula is C21H28FN7O. The normalized spacial score (nSPS) is 22.3. The molecule has 2 aromatic heterocycles. The van der Waals surface area contributed by atoms with E-state index in [-0.39, 0.29) is 17.8 Å². The zero-order chi connectivity index (χ0) is 20.5. The molecule has 9 heteroatoms. The molecule has 4 heterocycles. The molecule has 0 aromatic carbocycles. The molecule has 0 amide bonds. The van der Waals surface area contributed by atoms with E-state index in [9.17, 15) is 0 Å². The van der Waals surface area contributed by atoms with Gasteiger partial charge in [-0.25, -0.2) is 19.3 Å². The quantitative estimate of drug-likeness (QED) is 0.739. The van der Waals surface area contributed by atoms with Crippen molar-refractivity contribution in [1.82, 2.24) is 19.9 Å². The molecule has 2 aliphatic heterocycles. The van der Waals surface area contributed by atoms with Crippen LogP contribution in [-0.4, -0.2) is 72.4 Å². The van der Waals surface area contributed by atoms with Crippen molar-refractivity contribution in [2.45, 2.75) is 37.6 Å². The third-order valence-corrected chi connectivity index (χ3v) is 6.29. The molecule has 0 spiro atoms. The molecule has 2 aromatic rings. The van der Waals surface area contributed by atoms with E-state index in [0.29, 0.717) is 31.3 Å². The van der Waals surface area contributed by atoms with E-state index in [1.54, 1.807) is 0 Å². The zero-order valence-electron chi connectivity index (χ0n) is 17.4. The third kappa shape index (κ3) is 3.90. The number of aromatic nitrogens is 4. The molecule has 1 aliphatic carbocycles. The first kappa shape index (κ1) is 19.4. The zero-order valence-corrected chi connectivity index (χ0v) is 17.4. The van der Waals surface area contributed by atoms with E-state index in [4.69, 9.17) is 9.72 Å². The maximum absolute atomic E-state index is 15.0. The highest BCUT2D eigenvalue weighted by molar-refractivity contribution is 5.47. The van der Waals surface area contributed by atoms with Crippen LogP contribution in [0.15, 0.2) is 18.6 Å². The van der Waals surface area contributed by atoms with E-state index >= 15 is 4.39 Å². The van der Waals surface area contributed by atoms with Crippen LogP contribution in [0.4, 0.5) is 22.0 Å². The summed E-state index contributed by atoms with van der Waals surface area (Å²) >= 11 is 0. The van der Waals surface area contributed by atoms with Crippen molar-refractivity contribution in [3.8, 4) is 0 Å². The summed E-state index contributed by atoms with van der Waals surface area (Å²) in [5.41, 5.74) is 0.585. The maximum Gasteiger partial charge on any atom is 0.227 e. The number of hydrogen-bond donors (Lipinski definition) is 0. The highest BCUT2D eigenvalue weighted by atomic mass is 19.1. The summed E-state index contributed by atoms with van der Waals surface area (Å²) in [6, 6.07) is 2.17. The van der Waals surface area contributed by atoms with Gasteiger partial charge in [0.2, 0.25) is 5.95 Å². The largest absolute Gasteiger partial charge is 0.378 e. The molecule has 0 bridgehead atoms. The van der Waals surface area contributed by atoms with Gasteiger partial charge in [0.05, 0.1) is 18.9 Å². The summed E-state index contributed by atoms with van der Waals surface area (Å²) in [6.45, 7) is 4.54. The lowest BCUT2D eigenvalue weighted by atomic mass is 10.0. The average Bonchev–Trinajstić information content (AvgIpc) is 3.65. The molecule has 1 saturated carbocycles. The number of nitrogens with zero attached hydrogens (tertiary/aromatic N) is 7. The van der Waals surface area contributed by atoms with Crippen molar-refractivity contribution in [1.29, 1.82) is 0 Å². The number of ether oxygens (including phenoxy) is 1. The molecule has 0 radical (unpaired) electrons. The molecule has 0 N–H and O–H groups in total. The number of rotatable bonds is 5.